The molecule has 1 fully saturated rings. The standard InChI is InChI=1S/C20H24ClFN2O6S2/c21-14-3-1-5-17(11-14)32(28,29)24-19-8-7-16(30-20(19)13-25)9-10-23-31(26,27)18-6-2-4-15(22)12-18/h1-6,11-12,16,19-20,23-25H,7-10,13H2/t16-,19-,20+/m0/s1. The second kappa shape index (κ2) is 10.6. The number of benzene rings is 2. The maximum Gasteiger partial charge on any atom is 0.240 e. The van der Waals surface area contributed by atoms with Gasteiger partial charge >= 0.3 is 0 Å². The van der Waals surface area contributed by atoms with E-state index in [0.717, 1.165) is 12.1 Å². The third-order valence-electron chi connectivity index (χ3n) is 5.07. The third kappa shape index (κ3) is 6.47. The van der Waals surface area contributed by atoms with Gasteiger partial charge in [0.25, 0.3) is 0 Å². The Labute approximate surface area is 191 Å². The largest absolute Gasteiger partial charge is 0.394 e. The lowest BCUT2D eigenvalue weighted by Crippen LogP contribution is -2.51. The highest BCUT2D eigenvalue weighted by molar-refractivity contribution is 7.89. The molecule has 12 heteroatoms. The van der Waals surface area contributed by atoms with Crippen LogP contribution < -0.4 is 9.44 Å². The van der Waals surface area contributed by atoms with Crippen LogP contribution in [0, 0.1) is 5.82 Å². The molecule has 0 saturated carbocycles. The van der Waals surface area contributed by atoms with Gasteiger partial charge in [-0.1, -0.05) is 23.7 Å². The molecule has 2 aromatic carbocycles. The van der Waals surface area contributed by atoms with E-state index in [1.165, 1.54) is 30.3 Å². The number of ether oxygens (including phenoxy) is 1. The minimum Gasteiger partial charge on any atom is -0.394 e. The number of hydrogen-bond donors (Lipinski definition) is 3. The Morgan fingerprint density at radius 1 is 1.03 bits per heavy atom. The first-order valence-electron chi connectivity index (χ1n) is 9.90. The molecule has 1 aliphatic rings. The van der Waals surface area contributed by atoms with E-state index in [4.69, 9.17) is 16.3 Å². The average molecular weight is 507 g/mol. The first-order chi connectivity index (χ1) is 15.1. The van der Waals surface area contributed by atoms with Crippen molar-refractivity contribution in [2.45, 2.75) is 47.3 Å². The highest BCUT2D eigenvalue weighted by Gasteiger charge is 2.34. The quantitative estimate of drug-likeness (QED) is 0.478. The van der Waals surface area contributed by atoms with E-state index >= 15 is 0 Å². The predicted octanol–water partition coefficient (Wildman–Crippen LogP) is 2.03. The van der Waals surface area contributed by atoms with Crippen LogP contribution in [0.5, 0.6) is 0 Å². The molecule has 1 heterocycles. The summed E-state index contributed by atoms with van der Waals surface area (Å²) in [6, 6.07) is 9.87. The second-order valence-electron chi connectivity index (χ2n) is 7.39. The maximum absolute atomic E-state index is 13.3. The Bertz CT molecular complexity index is 1150. The first kappa shape index (κ1) is 25.0. The predicted molar refractivity (Wildman–Crippen MR) is 117 cm³/mol. The maximum atomic E-state index is 13.3. The Morgan fingerprint density at radius 3 is 2.38 bits per heavy atom. The highest BCUT2D eigenvalue weighted by Crippen LogP contribution is 2.24. The zero-order valence-electron chi connectivity index (χ0n) is 16.9. The van der Waals surface area contributed by atoms with Gasteiger partial charge in [-0.25, -0.2) is 30.7 Å². The molecule has 0 aliphatic carbocycles. The first-order valence-corrected chi connectivity index (χ1v) is 13.2. The number of nitrogens with one attached hydrogen (secondary N) is 2. The summed E-state index contributed by atoms with van der Waals surface area (Å²) in [5.74, 6) is -0.652. The Morgan fingerprint density at radius 2 is 1.72 bits per heavy atom. The zero-order chi connectivity index (χ0) is 23.4. The SMILES string of the molecule is O=S(=O)(NCC[C@@H]1CC[C@H](NS(=O)(=O)c2cccc(Cl)c2)[C@@H](CO)O1)c1cccc(F)c1. The lowest BCUT2D eigenvalue weighted by atomic mass is 9.98. The van der Waals surface area contributed by atoms with Crippen molar-refractivity contribution in [1.82, 2.24) is 9.44 Å². The normalized spacial score (nSPS) is 22.0. The summed E-state index contributed by atoms with van der Waals surface area (Å²) in [7, 11) is -7.73. The molecule has 3 N–H and O–H groups in total. The molecule has 3 rings (SSSR count). The van der Waals surface area contributed by atoms with Gasteiger partial charge in [0.2, 0.25) is 20.0 Å². The summed E-state index contributed by atoms with van der Waals surface area (Å²) in [5.41, 5.74) is 0. The van der Waals surface area contributed by atoms with Gasteiger partial charge in [-0.05, 0) is 55.7 Å². The van der Waals surface area contributed by atoms with Crippen LogP contribution in [0.2, 0.25) is 5.02 Å². The molecule has 2 aromatic rings. The van der Waals surface area contributed by atoms with Gasteiger partial charge in [0.15, 0.2) is 0 Å². The van der Waals surface area contributed by atoms with Crippen LogP contribution >= 0.6 is 11.6 Å². The van der Waals surface area contributed by atoms with E-state index in [1.807, 2.05) is 0 Å². The smallest absolute Gasteiger partial charge is 0.240 e. The van der Waals surface area contributed by atoms with Crippen molar-refractivity contribution >= 4 is 31.6 Å². The summed E-state index contributed by atoms with van der Waals surface area (Å²) in [6.45, 7) is -0.366. The molecule has 0 unspecified atom stereocenters. The number of sulfonamides is 2. The Kier molecular flexibility index (Phi) is 8.26. The summed E-state index contributed by atoms with van der Waals surface area (Å²) in [6.07, 6.45) is -0.0108. The zero-order valence-corrected chi connectivity index (χ0v) is 19.3. The number of hydrogen-bond acceptors (Lipinski definition) is 6. The molecule has 0 aromatic heterocycles. The molecule has 1 aliphatic heterocycles. The van der Waals surface area contributed by atoms with Crippen LogP contribution in [0.15, 0.2) is 58.3 Å². The van der Waals surface area contributed by atoms with Gasteiger partial charge < -0.3 is 9.84 Å². The van der Waals surface area contributed by atoms with E-state index in [-0.39, 0.29) is 27.5 Å². The molecule has 0 bridgehead atoms. The van der Waals surface area contributed by atoms with Crippen LogP contribution in [0.1, 0.15) is 19.3 Å². The fourth-order valence-corrected chi connectivity index (χ4v) is 6.13. The van der Waals surface area contributed by atoms with E-state index < -0.39 is 44.6 Å². The van der Waals surface area contributed by atoms with E-state index in [2.05, 4.69) is 9.44 Å². The molecule has 1 saturated heterocycles. The minimum absolute atomic E-state index is 0.00979. The molecule has 0 radical (unpaired) electrons. The van der Waals surface area contributed by atoms with Gasteiger partial charge in [-0.3, -0.25) is 0 Å². The van der Waals surface area contributed by atoms with Gasteiger partial charge in [0.05, 0.1) is 34.6 Å². The summed E-state index contributed by atoms with van der Waals surface area (Å²) >= 11 is 5.87. The molecule has 0 amide bonds. The topological polar surface area (TPSA) is 122 Å². The second-order valence-corrected chi connectivity index (χ2v) is 11.3. The molecular weight excluding hydrogens is 483 g/mol. The summed E-state index contributed by atoms with van der Waals surface area (Å²) < 4.78 is 73.8. The Hall–Kier alpha value is -1.60. The third-order valence-corrected chi connectivity index (χ3v) is 8.25. The van der Waals surface area contributed by atoms with Crippen LogP contribution in [0.3, 0.4) is 0 Å². The van der Waals surface area contributed by atoms with Crippen LogP contribution in [0.4, 0.5) is 4.39 Å². The van der Waals surface area contributed by atoms with Crippen molar-refractivity contribution in [3.05, 3.63) is 59.4 Å². The van der Waals surface area contributed by atoms with Crippen molar-refractivity contribution < 1.29 is 31.1 Å². The lowest BCUT2D eigenvalue weighted by Gasteiger charge is -2.36. The fraction of sp³-hybridized carbons (Fsp3) is 0.400. The van der Waals surface area contributed by atoms with Crippen molar-refractivity contribution in [2.75, 3.05) is 13.2 Å². The van der Waals surface area contributed by atoms with Crippen molar-refractivity contribution in [1.29, 1.82) is 0 Å². The lowest BCUT2D eigenvalue weighted by molar-refractivity contribution is -0.0869. The minimum atomic E-state index is -3.87. The fourth-order valence-electron chi connectivity index (χ4n) is 3.45. The van der Waals surface area contributed by atoms with Crippen LogP contribution in [0.25, 0.3) is 0 Å². The summed E-state index contributed by atoms with van der Waals surface area (Å²) in [5, 5.41) is 9.98. The van der Waals surface area contributed by atoms with Crippen molar-refractivity contribution in [2.24, 2.45) is 0 Å². The van der Waals surface area contributed by atoms with Gasteiger partial charge in [0, 0.05) is 11.6 Å². The number of aliphatic hydroxyl groups is 1. The van der Waals surface area contributed by atoms with E-state index in [1.54, 1.807) is 6.07 Å². The number of aliphatic hydroxyl groups excluding tert-OH is 1. The highest BCUT2D eigenvalue weighted by atomic mass is 35.5. The molecule has 8 nitrogen and oxygen atoms in total. The van der Waals surface area contributed by atoms with Gasteiger partial charge in [-0.2, -0.15) is 0 Å². The van der Waals surface area contributed by atoms with E-state index in [9.17, 15) is 26.3 Å². The Balaban J connectivity index is 1.55. The van der Waals surface area contributed by atoms with Crippen LogP contribution in [-0.4, -0.2) is 53.3 Å². The molecule has 3 atom stereocenters. The molecular formula is C20H24ClFN2O6S2. The number of rotatable bonds is 9. The van der Waals surface area contributed by atoms with E-state index in [0.29, 0.717) is 19.3 Å². The van der Waals surface area contributed by atoms with Crippen LogP contribution in [-0.2, 0) is 24.8 Å². The number of halogens is 2. The van der Waals surface area contributed by atoms with Gasteiger partial charge in [-0.15, -0.1) is 0 Å². The monoisotopic (exact) mass is 506 g/mol. The molecule has 176 valence electrons. The molecule has 32 heavy (non-hydrogen) atoms. The summed E-state index contributed by atoms with van der Waals surface area (Å²) in [4.78, 5) is -0.165. The average Bonchev–Trinajstić information content (AvgIpc) is 2.74. The van der Waals surface area contributed by atoms with Gasteiger partial charge in [0.1, 0.15) is 5.82 Å². The molecule has 0 spiro atoms. The van der Waals surface area contributed by atoms with Crippen molar-refractivity contribution in [3.63, 3.8) is 0 Å². The van der Waals surface area contributed by atoms with Crippen molar-refractivity contribution in [3.8, 4) is 0 Å².